The van der Waals surface area contributed by atoms with E-state index in [1.807, 2.05) is 0 Å². The summed E-state index contributed by atoms with van der Waals surface area (Å²) in [5.41, 5.74) is -0.163. The molecule has 1 aromatic heterocycles. The summed E-state index contributed by atoms with van der Waals surface area (Å²) in [5.74, 6) is -2.37. The van der Waals surface area contributed by atoms with Crippen molar-refractivity contribution in [1.29, 1.82) is 0 Å². The maximum absolute atomic E-state index is 12.9. The van der Waals surface area contributed by atoms with Crippen LogP contribution >= 0.6 is 23.2 Å². The van der Waals surface area contributed by atoms with Gasteiger partial charge in [0.25, 0.3) is 0 Å². The monoisotopic (exact) mass is 469 g/mol. The lowest BCUT2D eigenvalue weighted by molar-refractivity contribution is -0.619. The number of esters is 3. The summed E-state index contributed by atoms with van der Waals surface area (Å²) in [4.78, 5) is 37.0. The first-order chi connectivity index (χ1) is 14.6. The third-order valence-corrected chi connectivity index (χ3v) is 5.33. The van der Waals surface area contributed by atoms with Gasteiger partial charge in [0.05, 0.1) is 17.2 Å². The summed E-state index contributed by atoms with van der Waals surface area (Å²) in [6.45, 7) is 3.95. The lowest BCUT2D eigenvalue weighted by atomic mass is 9.92. The van der Waals surface area contributed by atoms with Gasteiger partial charge in [-0.3, -0.25) is 4.79 Å². The molecule has 0 N–H and O–H groups in total. The van der Waals surface area contributed by atoms with E-state index in [9.17, 15) is 19.6 Å². The van der Waals surface area contributed by atoms with Crippen molar-refractivity contribution in [2.24, 2.45) is 0 Å². The highest BCUT2D eigenvalue weighted by atomic mass is 35.5. The zero-order chi connectivity index (χ0) is 23.3. The van der Waals surface area contributed by atoms with E-state index in [1.54, 1.807) is 19.1 Å². The van der Waals surface area contributed by atoms with Crippen molar-refractivity contribution < 1.29 is 33.3 Å². The van der Waals surface area contributed by atoms with Crippen LogP contribution in [-0.4, -0.2) is 31.8 Å². The first kappa shape index (κ1) is 24.4. The molecule has 0 spiro atoms. The summed E-state index contributed by atoms with van der Waals surface area (Å²) in [6, 6.07) is 4.66. The molecule has 0 bridgehead atoms. The Hall–Kier alpha value is -2.84. The average molecular weight is 470 g/mol. The van der Waals surface area contributed by atoms with E-state index in [-0.39, 0.29) is 50.1 Å². The number of halogens is 2. The van der Waals surface area contributed by atoms with Gasteiger partial charge in [-0.15, -0.1) is 0 Å². The molecule has 0 aliphatic heterocycles. The topological polar surface area (TPSA) is 106 Å². The predicted octanol–water partition coefficient (Wildman–Crippen LogP) is 4.15. The Balaban J connectivity index is 2.70. The summed E-state index contributed by atoms with van der Waals surface area (Å²) in [5, 5.41) is 12.9. The van der Waals surface area contributed by atoms with Crippen molar-refractivity contribution >= 4 is 41.1 Å². The van der Waals surface area contributed by atoms with Crippen LogP contribution in [0, 0.1) is 19.1 Å². The molecule has 0 unspecified atom stereocenters. The molecule has 0 aliphatic rings. The van der Waals surface area contributed by atoms with Crippen LogP contribution in [0.3, 0.4) is 0 Å². The molecule has 10 heteroatoms. The van der Waals surface area contributed by atoms with E-state index < -0.39 is 24.7 Å². The molecule has 0 saturated carbocycles. The highest BCUT2D eigenvalue weighted by molar-refractivity contribution is 6.44. The Morgan fingerprint density at radius 2 is 1.65 bits per heavy atom. The van der Waals surface area contributed by atoms with Crippen LogP contribution in [0.1, 0.15) is 51.9 Å². The van der Waals surface area contributed by atoms with Gasteiger partial charge in [0.15, 0.2) is 0 Å². The molecule has 2 aromatic rings. The van der Waals surface area contributed by atoms with Crippen molar-refractivity contribution in [3.05, 3.63) is 56.0 Å². The molecule has 8 nitrogen and oxygen atoms in total. The van der Waals surface area contributed by atoms with Gasteiger partial charge in [0.1, 0.15) is 11.1 Å². The van der Waals surface area contributed by atoms with Gasteiger partial charge in [-0.1, -0.05) is 42.3 Å². The highest BCUT2D eigenvalue weighted by Gasteiger charge is 2.34. The number of hydrogen-bond acceptors (Lipinski definition) is 7. The first-order valence-electron chi connectivity index (χ1n) is 9.27. The van der Waals surface area contributed by atoms with Gasteiger partial charge in [0, 0.05) is 31.4 Å². The van der Waals surface area contributed by atoms with E-state index >= 15 is 0 Å². The largest absolute Gasteiger partial charge is 0.618 e. The minimum Gasteiger partial charge on any atom is -0.618 e. The zero-order valence-electron chi connectivity index (χ0n) is 17.4. The Morgan fingerprint density at radius 1 is 1.03 bits per heavy atom. The van der Waals surface area contributed by atoms with Gasteiger partial charge in [-0.05, 0) is 12.5 Å². The summed E-state index contributed by atoms with van der Waals surface area (Å²) < 4.78 is 15.2. The zero-order valence-corrected chi connectivity index (χ0v) is 18.9. The normalized spacial score (nSPS) is 10.5. The number of carbonyl (C=O) groups is 3. The molecular weight excluding hydrogens is 449 g/mol. The van der Waals surface area contributed by atoms with Crippen molar-refractivity contribution in [3.8, 4) is 11.1 Å². The van der Waals surface area contributed by atoms with Crippen LogP contribution in [0.4, 0.5) is 0 Å². The van der Waals surface area contributed by atoms with E-state index in [0.717, 1.165) is 7.11 Å². The van der Waals surface area contributed by atoms with Gasteiger partial charge in [0.2, 0.25) is 18.2 Å². The van der Waals surface area contributed by atoms with Crippen LogP contribution in [0.25, 0.3) is 11.1 Å². The van der Waals surface area contributed by atoms with Gasteiger partial charge < -0.3 is 19.4 Å². The Bertz CT molecular complexity index is 1040. The third-order valence-electron chi connectivity index (χ3n) is 4.51. The van der Waals surface area contributed by atoms with Crippen molar-refractivity contribution in [2.45, 2.75) is 33.6 Å². The number of methoxy groups -OCH3 is 1. The number of aromatic nitrogens is 1. The van der Waals surface area contributed by atoms with Crippen LogP contribution in [-0.2, 0) is 19.0 Å². The molecule has 31 heavy (non-hydrogen) atoms. The van der Waals surface area contributed by atoms with Crippen LogP contribution < -0.4 is 4.73 Å². The summed E-state index contributed by atoms with van der Waals surface area (Å²) in [6.07, 6.45) is 0.734. The molecule has 1 heterocycles. The SMILES string of the molecule is CCCC(=O)OCOC(=O)c1c(-c2cccc(Cl)c2Cl)c(C(=O)OC)c(C)[n+]([O-])c1C. The van der Waals surface area contributed by atoms with Crippen molar-refractivity contribution in [3.63, 3.8) is 0 Å². The molecule has 0 aliphatic carbocycles. The van der Waals surface area contributed by atoms with E-state index in [1.165, 1.54) is 19.9 Å². The molecule has 2 rings (SSSR count). The van der Waals surface area contributed by atoms with E-state index in [2.05, 4.69) is 0 Å². The van der Waals surface area contributed by atoms with Gasteiger partial charge in [-0.2, -0.15) is 4.73 Å². The van der Waals surface area contributed by atoms with Crippen molar-refractivity contribution in [1.82, 2.24) is 0 Å². The molecule has 0 fully saturated rings. The summed E-state index contributed by atoms with van der Waals surface area (Å²) in [7, 11) is 1.14. The van der Waals surface area contributed by atoms with Gasteiger partial charge in [-0.25, -0.2) is 9.59 Å². The quantitative estimate of drug-likeness (QED) is 0.259. The average Bonchev–Trinajstić information content (AvgIpc) is 2.73. The molecule has 0 atom stereocenters. The predicted molar refractivity (Wildman–Crippen MR) is 113 cm³/mol. The Labute approximate surface area is 189 Å². The maximum Gasteiger partial charge on any atom is 0.348 e. The smallest absolute Gasteiger partial charge is 0.348 e. The second kappa shape index (κ2) is 10.5. The molecule has 0 radical (unpaired) electrons. The first-order valence-corrected chi connectivity index (χ1v) is 10.0. The van der Waals surface area contributed by atoms with Gasteiger partial charge >= 0.3 is 17.9 Å². The lowest BCUT2D eigenvalue weighted by Crippen LogP contribution is -2.39. The van der Waals surface area contributed by atoms with Crippen LogP contribution in [0.15, 0.2) is 18.2 Å². The highest BCUT2D eigenvalue weighted by Crippen LogP contribution is 2.39. The number of ether oxygens (including phenoxy) is 3. The summed E-state index contributed by atoms with van der Waals surface area (Å²) >= 11 is 12.5. The van der Waals surface area contributed by atoms with Crippen LogP contribution in [0.2, 0.25) is 10.0 Å². The second-order valence-corrected chi connectivity index (χ2v) is 7.28. The Morgan fingerprint density at radius 3 is 2.23 bits per heavy atom. The molecular formula is C21H21Cl2NO7. The number of benzene rings is 1. The molecule has 0 amide bonds. The van der Waals surface area contributed by atoms with E-state index in [0.29, 0.717) is 11.2 Å². The Kier molecular flexibility index (Phi) is 8.24. The number of rotatable bonds is 7. The fourth-order valence-corrected chi connectivity index (χ4v) is 3.40. The van der Waals surface area contributed by atoms with Crippen LogP contribution in [0.5, 0.6) is 0 Å². The second-order valence-electron chi connectivity index (χ2n) is 6.50. The molecule has 166 valence electrons. The molecule has 1 aromatic carbocycles. The minimum absolute atomic E-state index is 0.00122. The number of hydrogen-bond donors (Lipinski definition) is 0. The standard InChI is InChI=1S/C21H21Cl2NO7/c1-5-7-15(25)30-10-31-21(27)17-12(3)24(28)11(2)16(20(26)29-4)18(17)13-8-6-9-14(22)19(13)23/h6,8-9H,5,7,10H2,1-4H3. The number of carbonyl (C=O) groups excluding carboxylic acids is 3. The minimum atomic E-state index is -0.984. The lowest BCUT2D eigenvalue weighted by Gasteiger charge is -2.19. The van der Waals surface area contributed by atoms with E-state index in [4.69, 9.17) is 37.4 Å². The third kappa shape index (κ3) is 5.08. The maximum atomic E-state index is 12.9. The number of pyridine rings is 1. The van der Waals surface area contributed by atoms with Crippen molar-refractivity contribution in [2.75, 3.05) is 13.9 Å². The fourth-order valence-electron chi connectivity index (χ4n) is 3.01. The number of nitrogens with zero attached hydrogens (tertiary/aromatic N) is 1. The molecule has 0 saturated heterocycles. The fraction of sp³-hybridized carbons (Fsp3) is 0.333.